The minimum Gasteiger partial charge on any atom is -0.292 e. The Morgan fingerprint density at radius 1 is 1.40 bits per heavy atom. The summed E-state index contributed by atoms with van der Waals surface area (Å²) in [4.78, 5) is 1.57. The van der Waals surface area contributed by atoms with Gasteiger partial charge in [0, 0.05) is 12.6 Å². The van der Waals surface area contributed by atoms with Gasteiger partial charge in [0.25, 0.3) is 0 Å². The fraction of sp³-hybridized carbons (Fsp3) is 1.00. The first-order chi connectivity index (χ1) is 6.96. The highest BCUT2D eigenvalue weighted by atomic mass is 32.1. The van der Waals surface area contributed by atoms with Crippen molar-refractivity contribution in [2.24, 2.45) is 5.92 Å². The lowest BCUT2D eigenvalue weighted by Gasteiger charge is -2.27. The van der Waals surface area contributed by atoms with E-state index in [-0.39, 0.29) is 12.0 Å². The summed E-state index contributed by atoms with van der Waals surface area (Å²) in [5.41, 5.74) is 0. The summed E-state index contributed by atoms with van der Waals surface area (Å²) in [6.45, 7) is 1.77. The van der Waals surface area contributed by atoms with Crippen LogP contribution in [0.15, 0.2) is 0 Å². The van der Waals surface area contributed by atoms with Gasteiger partial charge in [-0.2, -0.15) is 25.8 Å². The zero-order valence-electron chi connectivity index (χ0n) is 8.93. The Morgan fingerprint density at radius 2 is 2.00 bits per heavy atom. The molecular formula is C10H18F3NS. The molecule has 0 heterocycles. The third kappa shape index (κ3) is 5.11. The number of halogens is 3. The number of thiol groups is 1. The van der Waals surface area contributed by atoms with Crippen LogP contribution in [0, 0.1) is 5.92 Å². The molecule has 0 aromatic heterocycles. The van der Waals surface area contributed by atoms with Crippen LogP contribution in [0.1, 0.15) is 26.2 Å². The molecule has 1 nitrogen and oxygen atoms in total. The van der Waals surface area contributed by atoms with Crippen LogP contribution in [0.4, 0.5) is 13.2 Å². The Hall–Kier alpha value is 0.100. The number of nitrogens with zero attached hydrogens (tertiary/aromatic N) is 1. The van der Waals surface area contributed by atoms with E-state index in [0.717, 1.165) is 19.3 Å². The van der Waals surface area contributed by atoms with Gasteiger partial charge in [-0.1, -0.05) is 13.3 Å². The second kappa shape index (κ2) is 5.43. The Kier molecular flexibility index (Phi) is 4.77. The van der Waals surface area contributed by atoms with Crippen molar-refractivity contribution in [3.63, 3.8) is 0 Å². The molecule has 0 bridgehead atoms. The summed E-state index contributed by atoms with van der Waals surface area (Å²) in [5.74, 6) is 0.939. The van der Waals surface area contributed by atoms with Crippen molar-refractivity contribution in [3.05, 3.63) is 0 Å². The maximum Gasteiger partial charge on any atom is 0.401 e. The molecule has 0 aromatic carbocycles. The molecule has 1 rings (SSSR count). The van der Waals surface area contributed by atoms with Crippen molar-refractivity contribution in [2.45, 2.75) is 38.4 Å². The second-order valence-electron chi connectivity index (χ2n) is 4.23. The highest BCUT2D eigenvalue weighted by molar-refractivity contribution is 7.80. The van der Waals surface area contributed by atoms with Gasteiger partial charge in [-0.25, -0.2) is 0 Å². The molecule has 0 N–H and O–H groups in total. The summed E-state index contributed by atoms with van der Waals surface area (Å²) in [6, 6.07) is 0.167. The van der Waals surface area contributed by atoms with Crippen LogP contribution in [0.5, 0.6) is 0 Å². The van der Waals surface area contributed by atoms with E-state index in [4.69, 9.17) is 0 Å². The van der Waals surface area contributed by atoms with Crippen molar-refractivity contribution in [1.29, 1.82) is 0 Å². The summed E-state index contributed by atoms with van der Waals surface area (Å²) in [7, 11) is 0. The molecule has 1 saturated carbocycles. The zero-order chi connectivity index (χ0) is 11.5. The van der Waals surface area contributed by atoms with E-state index in [9.17, 15) is 13.2 Å². The number of hydrogen-bond acceptors (Lipinski definition) is 2. The van der Waals surface area contributed by atoms with Crippen LogP contribution >= 0.6 is 12.6 Å². The molecule has 0 saturated heterocycles. The number of rotatable bonds is 6. The van der Waals surface area contributed by atoms with Crippen LogP contribution in [0.25, 0.3) is 0 Å². The first kappa shape index (κ1) is 13.2. The lowest BCUT2D eigenvalue weighted by molar-refractivity contribution is -0.148. The SMILES string of the molecule is CCC(CS)CN(CC(F)(F)F)C1CC1. The fourth-order valence-electron chi connectivity index (χ4n) is 1.66. The standard InChI is InChI=1S/C10H18F3NS/c1-2-8(6-15)5-14(9-3-4-9)7-10(11,12)13/h8-9,15H,2-7H2,1H3. The Balaban J connectivity index is 2.43. The molecule has 0 spiro atoms. The van der Waals surface area contributed by atoms with Gasteiger partial charge in [0.05, 0.1) is 6.54 Å². The van der Waals surface area contributed by atoms with E-state index in [1.54, 1.807) is 4.90 Å². The average Bonchev–Trinajstić information content (AvgIpc) is 2.93. The lowest BCUT2D eigenvalue weighted by atomic mass is 10.1. The van der Waals surface area contributed by atoms with Crippen molar-refractivity contribution >= 4 is 12.6 Å². The predicted molar refractivity (Wildman–Crippen MR) is 58.3 cm³/mol. The summed E-state index contributed by atoms with van der Waals surface area (Å²) in [5, 5.41) is 0. The molecule has 0 radical (unpaired) electrons. The molecule has 5 heteroatoms. The van der Waals surface area contributed by atoms with Gasteiger partial charge in [-0.05, 0) is 24.5 Å². The molecule has 0 aromatic rings. The van der Waals surface area contributed by atoms with Crippen LogP contribution < -0.4 is 0 Å². The molecule has 1 aliphatic carbocycles. The third-order valence-electron chi connectivity index (χ3n) is 2.77. The van der Waals surface area contributed by atoms with Crippen LogP contribution in [0.2, 0.25) is 0 Å². The van der Waals surface area contributed by atoms with Crippen molar-refractivity contribution in [2.75, 3.05) is 18.8 Å². The third-order valence-corrected chi connectivity index (χ3v) is 3.29. The van der Waals surface area contributed by atoms with Gasteiger partial charge in [0.2, 0.25) is 0 Å². The summed E-state index contributed by atoms with van der Waals surface area (Å²) < 4.78 is 36.9. The van der Waals surface area contributed by atoms with E-state index in [1.807, 2.05) is 6.92 Å². The highest BCUT2D eigenvalue weighted by Gasteiger charge is 2.38. The summed E-state index contributed by atoms with van der Waals surface area (Å²) in [6.07, 6.45) is -1.35. The quantitative estimate of drug-likeness (QED) is 0.700. The van der Waals surface area contributed by atoms with Crippen LogP contribution in [-0.4, -0.2) is 36.0 Å². The van der Waals surface area contributed by atoms with Gasteiger partial charge in [-0.15, -0.1) is 0 Å². The second-order valence-corrected chi connectivity index (χ2v) is 4.60. The Morgan fingerprint density at radius 3 is 2.33 bits per heavy atom. The van der Waals surface area contributed by atoms with Crippen LogP contribution in [-0.2, 0) is 0 Å². The van der Waals surface area contributed by atoms with E-state index >= 15 is 0 Å². The fourth-order valence-corrected chi connectivity index (χ4v) is 2.03. The maximum absolute atomic E-state index is 12.3. The maximum atomic E-state index is 12.3. The summed E-state index contributed by atoms with van der Waals surface area (Å²) >= 11 is 4.16. The van der Waals surface area contributed by atoms with Gasteiger partial charge >= 0.3 is 6.18 Å². The van der Waals surface area contributed by atoms with Gasteiger partial charge in [0.1, 0.15) is 0 Å². The molecule has 1 fully saturated rings. The molecule has 0 amide bonds. The van der Waals surface area contributed by atoms with E-state index < -0.39 is 12.7 Å². The normalized spacial score (nSPS) is 19.6. The largest absolute Gasteiger partial charge is 0.401 e. The average molecular weight is 241 g/mol. The van der Waals surface area contributed by atoms with E-state index in [0.29, 0.717) is 12.3 Å². The van der Waals surface area contributed by atoms with Crippen molar-refractivity contribution in [1.82, 2.24) is 4.90 Å². The smallest absolute Gasteiger partial charge is 0.292 e. The number of hydrogen-bond donors (Lipinski definition) is 1. The van der Waals surface area contributed by atoms with Crippen molar-refractivity contribution in [3.8, 4) is 0 Å². The minimum absolute atomic E-state index is 0.167. The van der Waals surface area contributed by atoms with Gasteiger partial charge < -0.3 is 0 Å². The topological polar surface area (TPSA) is 3.24 Å². The molecule has 1 aliphatic rings. The minimum atomic E-state index is -4.07. The molecular weight excluding hydrogens is 223 g/mol. The zero-order valence-corrected chi connectivity index (χ0v) is 9.82. The van der Waals surface area contributed by atoms with Gasteiger partial charge in [0.15, 0.2) is 0 Å². The first-order valence-corrected chi connectivity index (χ1v) is 6.01. The molecule has 1 atom stereocenters. The van der Waals surface area contributed by atoms with E-state index in [1.165, 1.54) is 0 Å². The van der Waals surface area contributed by atoms with Crippen molar-refractivity contribution < 1.29 is 13.2 Å². The highest BCUT2D eigenvalue weighted by Crippen LogP contribution is 2.31. The molecule has 90 valence electrons. The van der Waals surface area contributed by atoms with Crippen LogP contribution in [0.3, 0.4) is 0 Å². The Labute approximate surface area is 94.4 Å². The monoisotopic (exact) mass is 241 g/mol. The number of alkyl halides is 3. The molecule has 0 aliphatic heterocycles. The predicted octanol–water partition coefficient (Wildman–Crippen LogP) is 2.97. The molecule has 1 unspecified atom stereocenters. The molecule has 15 heavy (non-hydrogen) atoms. The van der Waals surface area contributed by atoms with Gasteiger partial charge in [-0.3, -0.25) is 4.90 Å². The first-order valence-electron chi connectivity index (χ1n) is 5.38. The van der Waals surface area contributed by atoms with E-state index in [2.05, 4.69) is 12.6 Å². The Bertz CT molecular complexity index is 188. The lowest BCUT2D eigenvalue weighted by Crippen LogP contribution is -2.39.